The highest BCUT2D eigenvalue weighted by Crippen LogP contribution is 2.40. The molecule has 1 aliphatic heterocycles. The van der Waals surface area contributed by atoms with Crippen molar-refractivity contribution in [1.29, 1.82) is 0 Å². The van der Waals surface area contributed by atoms with E-state index in [4.69, 9.17) is 4.74 Å². The van der Waals surface area contributed by atoms with Crippen molar-refractivity contribution in [3.63, 3.8) is 0 Å². The van der Waals surface area contributed by atoms with Crippen LogP contribution < -0.4 is 0 Å². The molecule has 0 aromatic heterocycles. The maximum absolute atomic E-state index is 12.2. The Labute approximate surface area is 123 Å². The fourth-order valence-corrected chi connectivity index (χ4v) is 4.39. The minimum absolute atomic E-state index is 0.149. The van der Waals surface area contributed by atoms with E-state index in [0.29, 0.717) is 19.1 Å². The van der Waals surface area contributed by atoms with E-state index in [1.165, 1.54) is 6.26 Å². The first kappa shape index (κ1) is 15.8. The summed E-state index contributed by atoms with van der Waals surface area (Å²) >= 11 is 0. The van der Waals surface area contributed by atoms with Crippen molar-refractivity contribution in [2.45, 2.75) is 38.9 Å². The Balaban J connectivity index is 2.26. The van der Waals surface area contributed by atoms with Crippen LogP contribution in [0.1, 0.15) is 33.6 Å². The number of hydrogen-bond acceptors (Lipinski definition) is 4. The molecule has 2 atom stereocenters. The van der Waals surface area contributed by atoms with Crippen molar-refractivity contribution in [2.75, 3.05) is 32.6 Å². The molecular weight excluding hydrogens is 274 g/mol. The van der Waals surface area contributed by atoms with Crippen molar-refractivity contribution in [2.24, 2.45) is 11.3 Å². The van der Waals surface area contributed by atoms with Gasteiger partial charge in [0.1, 0.15) is 5.25 Å². The second-order valence-corrected chi connectivity index (χ2v) is 9.31. The molecule has 0 aromatic rings. The average Bonchev–Trinajstić information content (AvgIpc) is 2.37. The molecule has 0 amide bonds. The monoisotopic (exact) mass is 301 g/mol. The maximum Gasteiger partial charge on any atom is 0.155 e. The molecule has 0 saturated carbocycles. The summed E-state index contributed by atoms with van der Waals surface area (Å²) in [6.45, 7) is 9.59. The Morgan fingerprint density at radius 1 is 1.25 bits per heavy atom. The summed E-state index contributed by atoms with van der Waals surface area (Å²) in [6, 6.07) is 0. The number of hydrogen-bond donors (Lipinski definition) is 0. The van der Waals surface area contributed by atoms with Gasteiger partial charge in [-0.2, -0.15) is 0 Å². The summed E-state index contributed by atoms with van der Waals surface area (Å²) in [4.78, 5) is 2.20. The molecule has 2 aliphatic rings. The van der Waals surface area contributed by atoms with E-state index in [1.807, 2.05) is 0 Å². The Hall–Kier alpha value is -0.550. The highest BCUT2D eigenvalue weighted by atomic mass is 32.2. The van der Waals surface area contributed by atoms with Crippen LogP contribution in [-0.2, 0) is 14.6 Å². The van der Waals surface area contributed by atoms with Crippen molar-refractivity contribution in [1.82, 2.24) is 4.90 Å². The second kappa shape index (κ2) is 5.68. The van der Waals surface area contributed by atoms with Gasteiger partial charge >= 0.3 is 0 Å². The van der Waals surface area contributed by atoms with Crippen molar-refractivity contribution < 1.29 is 13.2 Å². The number of allylic oxidation sites excluding steroid dienone is 1. The molecule has 20 heavy (non-hydrogen) atoms. The van der Waals surface area contributed by atoms with Gasteiger partial charge in [0.2, 0.25) is 0 Å². The lowest BCUT2D eigenvalue weighted by molar-refractivity contribution is 0.0498. The van der Waals surface area contributed by atoms with Crippen LogP contribution in [0.25, 0.3) is 0 Å². The molecule has 0 spiro atoms. The summed E-state index contributed by atoms with van der Waals surface area (Å²) in [5.41, 5.74) is 1.16. The third-order valence-corrected chi connectivity index (χ3v) is 6.03. The van der Waals surface area contributed by atoms with Crippen molar-refractivity contribution >= 4 is 9.84 Å². The molecule has 1 aliphatic carbocycles. The Morgan fingerprint density at radius 2 is 1.85 bits per heavy atom. The van der Waals surface area contributed by atoms with Crippen LogP contribution in [-0.4, -0.2) is 51.1 Å². The van der Waals surface area contributed by atoms with Gasteiger partial charge in [-0.15, -0.1) is 0 Å². The van der Waals surface area contributed by atoms with E-state index in [1.54, 1.807) is 0 Å². The number of morpholine rings is 1. The summed E-state index contributed by atoms with van der Waals surface area (Å²) < 4.78 is 29.8. The van der Waals surface area contributed by atoms with E-state index in [0.717, 1.165) is 31.6 Å². The van der Waals surface area contributed by atoms with E-state index >= 15 is 0 Å². The first-order valence-corrected chi connectivity index (χ1v) is 9.36. The maximum atomic E-state index is 12.2. The van der Waals surface area contributed by atoms with Gasteiger partial charge in [0.25, 0.3) is 0 Å². The molecule has 1 saturated heterocycles. The number of ether oxygens (including phenoxy) is 1. The lowest BCUT2D eigenvalue weighted by Gasteiger charge is -2.41. The quantitative estimate of drug-likeness (QED) is 0.783. The van der Waals surface area contributed by atoms with Crippen LogP contribution in [0.5, 0.6) is 0 Å². The molecule has 0 bridgehead atoms. The highest BCUT2D eigenvalue weighted by Gasteiger charge is 2.38. The molecule has 2 unspecified atom stereocenters. The standard InChI is InChI=1S/C15H27NO3S/c1-15(2,3)12-5-6-13(14(11-12)20(4,17)18)16-7-9-19-10-8-16/h6,12,14H,5,7-11H2,1-4H3. The zero-order valence-electron chi connectivity index (χ0n) is 13.1. The fraction of sp³-hybridized carbons (Fsp3) is 0.867. The van der Waals surface area contributed by atoms with Gasteiger partial charge < -0.3 is 9.64 Å². The second-order valence-electron chi connectivity index (χ2n) is 7.08. The molecule has 116 valence electrons. The first-order chi connectivity index (χ1) is 9.19. The van der Waals surface area contributed by atoms with Crippen LogP contribution >= 0.6 is 0 Å². The molecular formula is C15H27NO3S. The summed E-state index contributed by atoms with van der Waals surface area (Å²) in [5, 5.41) is -0.349. The van der Waals surface area contributed by atoms with Crippen molar-refractivity contribution in [3.05, 3.63) is 11.8 Å². The first-order valence-electron chi connectivity index (χ1n) is 7.41. The van der Waals surface area contributed by atoms with Gasteiger partial charge in [0.05, 0.1) is 13.2 Å². The summed E-state index contributed by atoms with van der Waals surface area (Å²) in [6.07, 6.45) is 5.25. The number of sulfone groups is 1. The minimum atomic E-state index is -3.07. The molecule has 2 rings (SSSR count). The third kappa shape index (κ3) is 3.55. The minimum Gasteiger partial charge on any atom is -0.378 e. The zero-order chi connectivity index (χ0) is 15.0. The number of nitrogens with zero attached hydrogens (tertiary/aromatic N) is 1. The predicted octanol–water partition coefficient (Wildman–Crippen LogP) is 2.07. The topological polar surface area (TPSA) is 46.6 Å². The molecule has 0 N–H and O–H groups in total. The zero-order valence-corrected chi connectivity index (χ0v) is 13.9. The Kier molecular flexibility index (Phi) is 4.50. The predicted molar refractivity (Wildman–Crippen MR) is 81.3 cm³/mol. The summed E-state index contributed by atoms with van der Waals surface area (Å²) in [5.74, 6) is 0.423. The smallest absolute Gasteiger partial charge is 0.155 e. The lowest BCUT2D eigenvalue weighted by atomic mass is 9.73. The van der Waals surface area contributed by atoms with Crippen LogP contribution in [0, 0.1) is 11.3 Å². The van der Waals surface area contributed by atoms with Crippen LogP contribution in [0.4, 0.5) is 0 Å². The van der Waals surface area contributed by atoms with Gasteiger partial charge in [-0.1, -0.05) is 26.8 Å². The van der Waals surface area contributed by atoms with E-state index in [9.17, 15) is 8.42 Å². The Morgan fingerprint density at radius 3 is 2.35 bits per heavy atom. The normalized spacial score (nSPS) is 29.2. The fourth-order valence-electron chi connectivity index (χ4n) is 3.13. The van der Waals surface area contributed by atoms with Gasteiger partial charge in [0, 0.05) is 25.0 Å². The molecule has 0 radical (unpaired) electrons. The molecule has 0 aromatic carbocycles. The van der Waals surface area contributed by atoms with Crippen LogP contribution in [0.15, 0.2) is 11.8 Å². The molecule has 4 nitrogen and oxygen atoms in total. The van der Waals surface area contributed by atoms with Crippen LogP contribution in [0.3, 0.4) is 0 Å². The van der Waals surface area contributed by atoms with E-state index in [2.05, 4.69) is 31.7 Å². The molecule has 1 heterocycles. The largest absolute Gasteiger partial charge is 0.378 e. The van der Waals surface area contributed by atoms with Crippen molar-refractivity contribution in [3.8, 4) is 0 Å². The summed E-state index contributed by atoms with van der Waals surface area (Å²) in [7, 11) is -3.07. The van der Waals surface area contributed by atoms with Crippen LogP contribution in [0.2, 0.25) is 0 Å². The Bertz CT molecular complexity index is 470. The highest BCUT2D eigenvalue weighted by molar-refractivity contribution is 7.91. The van der Waals surface area contributed by atoms with Gasteiger partial charge in [0.15, 0.2) is 9.84 Å². The molecule has 1 fully saturated rings. The average molecular weight is 301 g/mol. The van der Waals surface area contributed by atoms with Gasteiger partial charge in [-0.25, -0.2) is 8.42 Å². The van der Waals surface area contributed by atoms with Gasteiger partial charge in [-0.3, -0.25) is 0 Å². The molecule has 5 heteroatoms. The van der Waals surface area contributed by atoms with E-state index < -0.39 is 9.84 Å². The van der Waals surface area contributed by atoms with Gasteiger partial charge in [-0.05, 0) is 24.2 Å². The third-order valence-electron chi connectivity index (χ3n) is 4.56. The number of rotatable bonds is 2. The lowest BCUT2D eigenvalue weighted by Crippen LogP contribution is -2.44. The van der Waals surface area contributed by atoms with E-state index in [-0.39, 0.29) is 10.7 Å². The SMILES string of the molecule is CC(C)(C)C1CC=C(N2CCOCC2)C(S(C)(=O)=O)C1.